The number of ketones is 1. The standard InChI is InChI=1S/C21H23NO3/c1-15(23)16-9-11-18(12-10-16)25-14-13-21(24)22-20-8-4-6-17-5-2-3-7-19(17)20/h4,6,8-12H,2-3,5,7,13-14H2,1H3,(H,22,24). The van der Waals surface area contributed by atoms with E-state index in [1.54, 1.807) is 24.3 Å². The van der Waals surface area contributed by atoms with Crippen molar-refractivity contribution in [1.82, 2.24) is 0 Å². The smallest absolute Gasteiger partial charge is 0.227 e. The molecule has 0 radical (unpaired) electrons. The molecule has 0 fully saturated rings. The highest BCUT2D eigenvalue weighted by Crippen LogP contribution is 2.27. The van der Waals surface area contributed by atoms with Crippen molar-refractivity contribution in [3.8, 4) is 5.75 Å². The zero-order valence-corrected chi connectivity index (χ0v) is 14.5. The molecule has 130 valence electrons. The number of Topliss-reactive ketones (excluding diaryl/α,β-unsaturated/α-hetero) is 1. The van der Waals surface area contributed by atoms with Crippen LogP contribution in [-0.4, -0.2) is 18.3 Å². The van der Waals surface area contributed by atoms with E-state index < -0.39 is 0 Å². The molecule has 0 heterocycles. The molecule has 0 bridgehead atoms. The lowest BCUT2D eigenvalue weighted by Crippen LogP contribution is -2.17. The Morgan fingerprint density at radius 2 is 1.80 bits per heavy atom. The van der Waals surface area contributed by atoms with E-state index >= 15 is 0 Å². The van der Waals surface area contributed by atoms with Gasteiger partial charge in [-0.05, 0) is 74.1 Å². The monoisotopic (exact) mass is 337 g/mol. The first-order chi connectivity index (χ1) is 12.1. The average Bonchev–Trinajstić information content (AvgIpc) is 2.62. The van der Waals surface area contributed by atoms with Crippen LogP contribution < -0.4 is 10.1 Å². The average molecular weight is 337 g/mol. The molecule has 1 aliphatic rings. The van der Waals surface area contributed by atoms with Gasteiger partial charge in [0.25, 0.3) is 0 Å². The second-order valence-electron chi connectivity index (χ2n) is 6.38. The van der Waals surface area contributed by atoms with Crippen LogP contribution in [0.25, 0.3) is 0 Å². The van der Waals surface area contributed by atoms with E-state index in [9.17, 15) is 9.59 Å². The van der Waals surface area contributed by atoms with E-state index in [4.69, 9.17) is 4.74 Å². The third-order valence-electron chi connectivity index (χ3n) is 4.53. The number of hydrogen-bond acceptors (Lipinski definition) is 3. The lowest BCUT2D eigenvalue weighted by atomic mass is 9.90. The molecule has 0 saturated carbocycles. The SMILES string of the molecule is CC(=O)c1ccc(OCCC(=O)Nc2cccc3c2CCCC3)cc1. The first-order valence-corrected chi connectivity index (χ1v) is 8.78. The van der Waals surface area contributed by atoms with Gasteiger partial charge in [-0.1, -0.05) is 12.1 Å². The molecule has 1 amide bonds. The summed E-state index contributed by atoms with van der Waals surface area (Å²) in [7, 11) is 0. The van der Waals surface area contributed by atoms with E-state index in [0.717, 1.165) is 18.5 Å². The summed E-state index contributed by atoms with van der Waals surface area (Å²) < 4.78 is 5.59. The van der Waals surface area contributed by atoms with Gasteiger partial charge in [0.05, 0.1) is 13.0 Å². The van der Waals surface area contributed by atoms with Gasteiger partial charge in [0.2, 0.25) is 5.91 Å². The topological polar surface area (TPSA) is 55.4 Å². The molecule has 4 nitrogen and oxygen atoms in total. The predicted molar refractivity (Wildman–Crippen MR) is 98.3 cm³/mol. The van der Waals surface area contributed by atoms with Crippen LogP contribution >= 0.6 is 0 Å². The van der Waals surface area contributed by atoms with Crippen LogP contribution in [0, 0.1) is 0 Å². The number of carbonyl (C=O) groups is 2. The number of nitrogens with one attached hydrogen (secondary N) is 1. The molecule has 0 spiro atoms. The van der Waals surface area contributed by atoms with Crippen LogP contribution in [0.3, 0.4) is 0 Å². The minimum Gasteiger partial charge on any atom is -0.493 e. The number of rotatable bonds is 6. The van der Waals surface area contributed by atoms with Crippen molar-refractivity contribution in [3.05, 3.63) is 59.2 Å². The number of fused-ring (bicyclic) bond motifs is 1. The van der Waals surface area contributed by atoms with Crippen LogP contribution in [0.15, 0.2) is 42.5 Å². The molecule has 0 atom stereocenters. The normalized spacial score (nSPS) is 13.0. The summed E-state index contributed by atoms with van der Waals surface area (Å²) in [6.45, 7) is 1.84. The van der Waals surface area contributed by atoms with Crippen molar-refractivity contribution in [1.29, 1.82) is 0 Å². The van der Waals surface area contributed by atoms with E-state index in [1.165, 1.54) is 30.9 Å². The number of benzene rings is 2. The van der Waals surface area contributed by atoms with Gasteiger partial charge in [-0.2, -0.15) is 0 Å². The molecular weight excluding hydrogens is 314 g/mol. The molecule has 3 rings (SSSR count). The van der Waals surface area contributed by atoms with Gasteiger partial charge in [-0.25, -0.2) is 0 Å². The Hall–Kier alpha value is -2.62. The van der Waals surface area contributed by atoms with Gasteiger partial charge >= 0.3 is 0 Å². The Kier molecular flexibility index (Phi) is 5.49. The summed E-state index contributed by atoms with van der Waals surface area (Å²) in [6, 6.07) is 13.1. The molecule has 25 heavy (non-hydrogen) atoms. The minimum atomic E-state index is -0.0423. The fourth-order valence-electron chi connectivity index (χ4n) is 3.16. The highest BCUT2D eigenvalue weighted by atomic mass is 16.5. The maximum atomic E-state index is 12.2. The highest BCUT2D eigenvalue weighted by molar-refractivity contribution is 5.94. The Bertz CT molecular complexity index is 765. The maximum absolute atomic E-state index is 12.2. The van der Waals surface area contributed by atoms with Crippen LogP contribution in [0.4, 0.5) is 5.69 Å². The predicted octanol–water partition coefficient (Wildman–Crippen LogP) is 4.18. The molecule has 0 aliphatic heterocycles. The molecule has 0 aromatic heterocycles. The fourth-order valence-corrected chi connectivity index (χ4v) is 3.16. The zero-order valence-electron chi connectivity index (χ0n) is 14.5. The lowest BCUT2D eigenvalue weighted by molar-refractivity contribution is -0.116. The number of carbonyl (C=O) groups excluding carboxylic acids is 2. The van der Waals surface area contributed by atoms with Crippen LogP contribution in [0.1, 0.15) is 47.7 Å². The summed E-state index contributed by atoms with van der Waals surface area (Å²) in [5, 5.41) is 3.02. The van der Waals surface area contributed by atoms with Crippen LogP contribution in [0.5, 0.6) is 5.75 Å². The van der Waals surface area contributed by atoms with Gasteiger partial charge < -0.3 is 10.1 Å². The number of hydrogen-bond donors (Lipinski definition) is 1. The molecule has 2 aromatic carbocycles. The number of amides is 1. The Labute approximate surface area is 148 Å². The van der Waals surface area contributed by atoms with E-state index in [-0.39, 0.29) is 18.1 Å². The van der Waals surface area contributed by atoms with Crippen molar-refractivity contribution in [2.24, 2.45) is 0 Å². The van der Waals surface area contributed by atoms with Gasteiger partial charge in [-0.3, -0.25) is 9.59 Å². The van der Waals surface area contributed by atoms with Crippen molar-refractivity contribution < 1.29 is 14.3 Å². The fraction of sp³-hybridized carbons (Fsp3) is 0.333. The summed E-state index contributed by atoms with van der Waals surface area (Å²) in [5.41, 5.74) is 4.22. The first kappa shape index (κ1) is 17.2. The first-order valence-electron chi connectivity index (χ1n) is 8.78. The Morgan fingerprint density at radius 1 is 1.04 bits per heavy atom. The molecule has 1 N–H and O–H groups in total. The zero-order chi connectivity index (χ0) is 17.6. The molecule has 0 saturated heterocycles. The summed E-state index contributed by atoms with van der Waals surface area (Å²) in [4.78, 5) is 23.4. The van der Waals surface area contributed by atoms with Crippen molar-refractivity contribution in [2.75, 3.05) is 11.9 Å². The van der Waals surface area contributed by atoms with Crippen LogP contribution in [0.2, 0.25) is 0 Å². The van der Waals surface area contributed by atoms with Crippen molar-refractivity contribution in [2.45, 2.75) is 39.0 Å². The van der Waals surface area contributed by atoms with Crippen LogP contribution in [-0.2, 0) is 17.6 Å². The molecule has 0 unspecified atom stereocenters. The third kappa shape index (κ3) is 4.47. The summed E-state index contributed by atoms with van der Waals surface area (Å²) >= 11 is 0. The van der Waals surface area contributed by atoms with E-state index in [0.29, 0.717) is 17.9 Å². The quantitative estimate of drug-likeness (QED) is 0.805. The largest absolute Gasteiger partial charge is 0.493 e. The molecule has 4 heteroatoms. The van der Waals surface area contributed by atoms with Gasteiger partial charge in [-0.15, -0.1) is 0 Å². The van der Waals surface area contributed by atoms with Gasteiger partial charge in [0.1, 0.15) is 5.75 Å². The molecular formula is C21H23NO3. The second-order valence-corrected chi connectivity index (χ2v) is 6.38. The Morgan fingerprint density at radius 3 is 2.56 bits per heavy atom. The number of ether oxygens (including phenoxy) is 1. The highest BCUT2D eigenvalue weighted by Gasteiger charge is 2.14. The lowest BCUT2D eigenvalue weighted by Gasteiger charge is -2.19. The molecule has 2 aromatic rings. The van der Waals surface area contributed by atoms with Crippen molar-refractivity contribution >= 4 is 17.4 Å². The second kappa shape index (κ2) is 7.97. The maximum Gasteiger partial charge on any atom is 0.227 e. The van der Waals surface area contributed by atoms with Gasteiger partial charge in [0.15, 0.2) is 5.78 Å². The summed E-state index contributed by atoms with van der Waals surface area (Å²) in [5.74, 6) is 0.645. The van der Waals surface area contributed by atoms with Crippen molar-refractivity contribution in [3.63, 3.8) is 0 Å². The molecule has 1 aliphatic carbocycles. The Balaban J connectivity index is 1.51. The minimum absolute atomic E-state index is 0.0251. The number of anilines is 1. The van der Waals surface area contributed by atoms with E-state index in [2.05, 4.69) is 11.4 Å². The number of aryl methyl sites for hydroxylation is 1. The summed E-state index contributed by atoms with van der Waals surface area (Å²) in [6.07, 6.45) is 4.82. The third-order valence-corrected chi connectivity index (χ3v) is 4.53. The van der Waals surface area contributed by atoms with E-state index in [1.807, 2.05) is 12.1 Å². The van der Waals surface area contributed by atoms with Gasteiger partial charge in [0, 0.05) is 11.3 Å².